The van der Waals surface area contributed by atoms with Gasteiger partial charge in [-0.1, -0.05) is 25.5 Å². The number of benzene rings is 1. The molecule has 11 nitrogen and oxygen atoms in total. The quantitative estimate of drug-likeness (QED) is 0.323. The molecule has 1 aliphatic carbocycles. The van der Waals surface area contributed by atoms with E-state index in [1.54, 1.807) is 20.8 Å². The third kappa shape index (κ3) is 9.09. The maximum absolute atomic E-state index is 14.6. The van der Waals surface area contributed by atoms with Crippen molar-refractivity contribution >= 4 is 39.7 Å². The first-order valence-corrected chi connectivity index (χ1v) is 16.7. The van der Waals surface area contributed by atoms with Crippen LogP contribution in [0.1, 0.15) is 51.6 Å². The van der Waals surface area contributed by atoms with Gasteiger partial charge in [0.25, 0.3) is 11.8 Å². The summed E-state index contributed by atoms with van der Waals surface area (Å²) in [5.74, 6) is -2.24. The van der Waals surface area contributed by atoms with Crippen LogP contribution in [0.15, 0.2) is 53.7 Å². The molecule has 1 aromatic heterocycles. The lowest BCUT2D eigenvalue weighted by Gasteiger charge is -2.41. The Morgan fingerprint density at radius 3 is 2.21 bits per heavy atom. The molecule has 2 aromatic rings. The van der Waals surface area contributed by atoms with Crippen LogP contribution in [0.25, 0.3) is 0 Å². The van der Waals surface area contributed by atoms with Gasteiger partial charge in [0.2, 0.25) is 5.91 Å². The van der Waals surface area contributed by atoms with Crippen molar-refractivity contribution in [1.29, 1.82) is 0 Å². The SMILES string of the molecule is CO[C@@H]1C[C@H](C(=O)N(c2ccc(S(F)(F)(F)(F)F)cc2)C(C(=O)N(C)CC(=O)NC2CC2)c2cccnc2)N(C(=O)OC(C)(C)C)C1. The van der Waals surface area contributed by atoms with E-state index in [0.717, 1.165) is 27.5 Å². The first-order chi connectivity index (χ1) is 21.6. The van der Waals surface area contributed by atoms with Gasteiger partial charge < -0.3 is 19.7 Å². The summed E-state index contributed by atoms with van der Waals surface area (Å²) in [6.07, 6.45) is 2.59. The smallest absolute Gasteiger partial charge is 0.411 e. The minimum Gasteiger partial charge on any atom is -0.444 e. The zero-order valence-corrected chi connectivity index (χ0v) is 27.3. The average Bonchev–Trinajstić information content (AvgIpc) is 3.66. The molecule has 2 aliphatic rings. The van der Waals surface area contributed by atoms with Gasteiger partial charge in [0.05, 0.1) is 19.2 Å². The van der Waals surface area contributed by atoms with E-state index in [0.29, 0.717) is 12.1 Å². The van der Waals surface area contributed by atoms with Gasteiger partial charge in [-0.3, -0.25) is 29.2 Å². The molecule has 1 saturated heterocycles. The third-order valence-corrected chi connectivity index (χ3v) is 8.66. The van der Waals surface area contributed by atoms with E-state index in [9.17, 15) is 38.6 Å². The number of aromatic nitrogens is 1. The molecule has 0 spiro atoms. The molecule has 4 rings (SSSR count). The molecule has 1 N–H and O–H groups in total. The highest BCUT2D eigenvalue weighted by molar-refractivity contribution is 8.45. The average molecular weight is 692 g/mol. The number of pyridine rings is 1. The summed E-state index contributed by atoms with van der Waals surface area (Å²) in [7, 11) is -7.44. The van der Waals surface area contributed by atoms with Crippen molar-refractivity contribution in [1.82, 2.24) is 20.1 Å². The Morgan fingerprint density at radius 1 is 1.06 bits per heavy atom. The van der Waals surface area contributed by atoms with Crippen LogP contribution in [0.5, 0.6) is 0 Å². The Hall–Kier alpha value is -3.99. The summed E-state index contributed by atoms with van der Waals surface area (Å²) < 4.78 is 79.2. The number of likely N-dealkylation sites (N-methyl/N-ethyl adjacent to an activating group) is 1. The van der Waals surface area contributed by atoms with Gasteiger partial charge in [0, 0.05) is 50.3 Å². The fraction of sp³-hybridized carbons (Fsp3) is 0.500. The van der Waals surface area contributed by atoms with E-state index in [1.807, 2.05) is 0 Å². The van der Waals surface area contributed by atoms with Crippen molar-refractivity contribution in [3.63, 3.8) is 0 Å². The van der Waals surface area contributed by atoms with Crippen LogP contribution in [0.2, 0.25) is 0 Å². The number of halogens is 5. The predicted octanol–water partition coefficient (Wildman–Crippen LogP) is 5.57. The second-order valence-electron chi connectivity index (χ2n) is 12.6. The summed E-state index contributed by atoms with van der Waals surface area (Å²) in [5.41, 5.74) is -1.22. The third-order valence-electron chi connectivity index (χ3n) is 7.50. The molecule has 47 heavy (non-hydrogen) atoms. The van der Waals surface area contributed by atoms with Crippen molar-refractivity contribution in [2.45, 2.75) is 74.8 Å². The van der Waals surface area contributed by atoms with Crippen LogP contribution in [-0.2, 0) is 23.9 Å². The molecular formula is C30H38F5N5O6S. The Labute approximate surface area is 269 Å². The van der Waals surface area contributed by atoms with E-state index >= 15 is 0 Å². The molecule has 3 atom stereocenters. The molecule has 1 unspecified atom stereocenters. The summed E-state index contributed by atoms with van der Waals surface area (Å²) in [6, 6.07) is 1.46. The van der Waals surface area contributed by atoms with E-state index < -0.39 is 69.3 Å². The number of hydrogen-bond donors (Lipinski definition) is 1. The van der Waals surface area contributed by atoms with Gasteiger partial charge in [0.15, 0.2) is 0 Å². The fourth-order valence-electron chi connectivity index (χ4n) is 5.10. The number of amides is 4. The summed E-state index contributed by atoms with van der Waals surface area (Å²) in [4.78, 5) is 59.4. The van der Waals surface area contributed by atoms with Crippen molar-refractivity contribution in [3.05, 3.63) is 54.4 Å². The number of carbonyl (C=O) groups excluding carboxylic acids is 4. The molecular weight excluding hydrogens is 653 g/mol. The summed E-state index contributed by atoms with van der Waals surface area (Å²) >= 11 is 0. The van der Waals surface area contributed by atoms with Crippen LogP contribution < -0.4 is 10.2 Å². The molecule has 2 fully saturated rings. The molecule has 17 heteroatoms. The monoisotopic (exact) mass is 691 g/mol. The van der Waals surface area contributed by atoms with Crippen LogP contribution in [-0.4, -0.2) is 89.6 Å². The second-order valence-corrected chi connectivity index (χ2v) is 15.0. The molecule has 260 valence electrons. The zero-order valence-electron chi connectivity index (χ0n) is 26.5. The number of carbonyl (C=O) groups is 4. The van der Waals surface area contributed by atoms with E-state index in [1.165, 1.54) is 38.7 Å². The molecule has 4 amide bonds. The second kappa shape index (κ2) is 12.2. The minimum atomic E-state index is -10.1. The Kier molecular flexibility index (Phi) is 9.33. The minimum absolute atomic E-state index is 0.0131. The number of nitrogens with zero attached hydrogens (tertiary/aromatic N) is 4. The van der Waals surface area contributed by atoms with E-state index in [4.69, 9.17) is 9.47 Å². The van der Waals surface area contributed by atoms with Crippen LogP contribution in [0, 0.1) is 0 Å². The Bertz CT molecular complexity index is 1500. The molecule has 1 saturated carbocycles. The van der Waals surface area contributed by atoms with Gasteiger partial charge in [-0.05, 0) is 63.9 Å². The van der Waals surface area contributed by atoms with Crippen molar-refractivity contribution in [3.8, 4) is 0 Å². The van der Waals surface area contributed by atoms with Crippen molar-refractivity contribution in [2.24, 2.45) is 0 Å². The highest BCUT2D eigenvalue weighted by atomic mass is 32.5. The largest absolute Gasteiger partial charge is 0.444 e. The van der Waals surface area contributed by atoms with E-state index in [-0.39, 0.29) is 42.4 Å². The van der Waals surface area contributed by atoms with Crippen LogP contribution >= 0.6 is 10.2 Å². The van der Waals surface area contributed by atoms with Gasteiger partial charge in [-0.25, -0.2) is 4.79 Å². The van der Waals surface area contributed by atoms with E-state index in [2.05, 4.69) is 10.3 Å². The number of ether oxygens (including phenoxy) is 2. The fourth-order valence-corrected chi connectivity index (χ4v) is 5.75. The predicted molar refractivity (Wildman–Crippen MR) is 163 cm³/mol. The Balaban J connectivity index is 1.84. The molecule has 0 bridgehead atoms. The highest BCUT2D eigenvalue weighted by Gasteiger charge is 2.65. The van der Waals surface area contributed by atoms with Crippen molar-refractivity contribution < 1.29 is 48.1 Å². The molecule has 1 aliphatic heterocycles. The lowest BCUT2D eigenvalue weighted by molar-refractivity contribution is -0.137. The standard InChI is InChI=1S/C30H38F5N5O6S/c1-30(2,3)46-29(44)39-17-22(45-5)15-24(39)27(42)40(21-10-12-23(13-11-21)47(31,32,33,34)35)26(19-7-6-14-36-16-19)28(43)38(4)18-25(41)37-20-8-9-20/h6-7,10-14,16,20,22,24,26H,8-9,15,17-18H2,1-5H3,(H,37,41)/t22-,24-,26?/m1/s1. The van der Waals surface area contributed by atoms with Crippen molar-refractivity contribution in [2.75, 3.05) is 32.1 Å². The van der Waals surface area contributed by atoms with Gasteiger partial charge in [-0.2, -0.15) is 0 Å². The number of anilines is 1. The summed E-state index contributed by atoms with van der Waals surface area (Å²) in [5, 5.41) is 2.75. The number of likely N-dealkylation sites (tertiary alicyclic amines) is 1. The number of nitrogens with one attached hydrogen (secondary N) is 1. The van der Waals surface area contributed by atoms with Gasteiger partial charge in [-0.15, -0.1) is 0 Å². The number of methoxy groups -OCH3 is 1. The lowest BCUT2D eigenvalue weighted by atomic mass is 10.0. The zero-order chi connectivity index (χ0) is 35.0. The number of hydrogen-bond acceptors (Lipinski definition) is 7. The summed E-state index contributed by atoms with van der Waals surface area (Å²) in [6.45, 7) is 4.33. The topological polar surface area (TPSA) is 121 Å². The first kappa shape index (κ1) is 35.9. The maximum atomic E-state index is 14.6. The lowest BCUT2D eigenvalue weighted by Crippen LogP contribution is -2.53. The van der Waals surface area contributed by atoms with Gasteiger partial charge in [0.1, 0.15) is 22.6 Å². The maximum Gasteiger partial charge on any atom is 0.411 e. The van der Waals surface area contributed by atoms with Crippen LogP contribution in [0.3, 0.4) is 0 Å². The van der Waals surface area contributed by atoms with Gasteiger partial charge >= 0.3 is 16.3 Å². The number of rotatable bonds is 10. The molecule has 1 aromatic carbocycles. The Morgan fingerprint density at radius 2 is 1.70 bits per heavy atom. The van der Waals surface area contributed by atoms with Crippen LogP contribution in [0.4, 0.5) is 29.9 Å². The molecule has 2 heterocycles. The molecule has 0 radical (unpaired) electrons. The first-order valence-electron chi connectivity index (χ1n) is 14.7. The highest BCUT2D eigenvalue weighted by Crippen LogP contribution is 3.02. The normalized spacial score (nSPS) is 20.4.